The molecule has 0 aliphatic carbocycles. The summed E-state index contributed by atoms with van der Waals surface area (Å²) in [5, 5.41) is 10.1. The van der Waals surface area contributed by atoms with Crippen LogP contribution in [0, 0.1) is 0 Å². The highest BCUT2D eigenvalue weighted by Crippen LogP contribution is 2.42. The molecular formula is C52H36N4Si. The highest BCUT2D eigenvalue weighted by molar-refractivity contribution is 7.21. The summed E-state index contributed by atoms with van der Waals surface area (Å²) in [6.45, 7) is 0. The molecule has 0 amide bonds. The SMILES string of the molecule is c1ccc(-n2c3ccccc3c3c([Si](c4ccccc4)(c4ccccc4)c4cccc(-c5ccccn5)c4)cc4c(c5ccccc5n4-c4ccccn4)c32)cc1. The smallest absolute Gasteiger partial charge is 0.180 e. The van der Waals surface area contributed by atoms with Crippen molar-refractivity contribution in [3.05, 3.63) is 219 Å². The van der Waals surface area contributed by atoms with Gasteiger partial charge in [0.15, 0.2) is 8.07 Å². The van der Waals surface area contributed by atoms with Crippen LogP contribution in [0.3, 0.4) is 0 Å². The Kier molecular flexibility index (Phi) is 7.79. The van der Waals surface area contributed by atoms with E-state index in [0.717, 1.165) is 33.8 Å². The predicted molar refractivity (Wildman–Crippen MR) is 240 cm³/mol. The van der Waals surface area contributed by atoms with Gasteiger partial charge in [0.1, 0.15) is 5.82 Å². The fourth-order valence-corrected chi connectivity index (χ4v) is 14.3. The highest BCUT2D eigenvalue weighted by atomic mass is 28.3. The maximum atomic E-state index is 5.00. The standard InChI is InChI=1S/C52H36N4Si/c1-4-20-38(21-5-1)55-45-30-12-11-28-43(45)51-48(36-47-50(52(51)55)42-27-10-13-31-46(42)56(47)49-32-15-17-34-54-49)57(39-22-6-2-7-23-39,40-24-8-3-9-25-40)41-26-18-19-37(35-41)44-29-14-16-33-53-44/h1-36H. The third-order valence-corrected chi connectivity index (χ3v) is 16.3. The maximum absolute atomic E-state index is 5.00. The molecular weight excluding hydrogens is 709 g/mol. The van der Waals surface area contributed by atoms with Crippen LogP contribution in [0.5, 0.6) is 0 Å². The van der Waals surface area contributed by atoms with Gasteiger partial charge in [0, 0.05) is 45.2 Å². The van der Waals surface area contributed by atoms with Crippen LogP contribution in [-0.2, 0) is 0 Å². The third kappa shape index (κ3) is 5.06. The molecule has 57 heavy (non-hydrogen) atoms. The number of hydrogen-bond acceptors (Lipinski definition) is 2. The van der Waals surface area contributed by atoms with Crippen LogP contribution in [0.15, 0.2) is 219 Å². The number of aromatic nitrogens is 4. The van der Waals surface area contributed by atoms with Crippen molar-refractivity contribution in [2.24, 2.45) is 0 Å². The van der Waals surface area contributed by atoms with Gasteiger partial charge in [-0.25, -0.2) is 4.98 Å². The minimum Gasteiger partial charge on any atom is -0.309 e. The van der Waals surface area contributed by atoms with Gasteiger partial charge in [-0.15, -0.1) is 0 Å². The Morgan fingerprint density at radius 2 is 0.947 bits per heavy atom. The summed E-state index contributed by atoms with van der Waals surface area (Å²) in [6.07, 6.45) is 3.78. The van der Waals surface area contributed by atoms with Gasteiger partial charge in [0.25, 0.3) is 0 Å². The molecule has 4 nitrogen and oxygen atoms in total. The summed E-state index contributed by atoms with van der Waals surface area (Å²) in [4.78, 5) is 9.83. The summed E-state index contributed by atoms with van der Waals surface area (Å²) in [5.74, 6) is 0.889. The molecule has 0 radical (unpaired) electrons. The minimum atomic E-state index is -3.20. The van der Waals surface area contributed by atoms with E-state index >= 15 is 0 Å². The van der Waals surface area contributed by atoms with E-state index in [1.165, 1.54) is 53.3 Å². The number of nitrogens with zero attached hydrogens (tertiary/aromatic N) is 4. The minimum absolute atomic E-state index is 0.889. The largest absolute Gasteiger partial charge is 0.309 e. The van der Waals surface area contributed by atoms with Crippen LogP contribution in [0.25, 0.3) is 66.4 Å². The zero-order valence-corrected chi connectivity index (χ0v) is 32.1. The van der Waals surface area contributed by atoms with Crippen molar-refractivity contribution in [1.29, 1.82) is 0 Å². The third-order valence-electron chi connectivity index (χ3n) is 11.5. The van der Waals surface area contributed by atoms with E-state index in [0.29, 0.717) is 0 Å². The number of rotatable bonds is 7. The van der Waals surface area contributed by atoms with Crippen molar-refractivity contribution in [2.45, 2.75) is 0 Å². The van der Waals surface area contributed by atoms with Crippen LogP contribution in [-0.4, -0.2) is 27.2 Å². The normalized spacial score (nSPS) is 11.9. The molecule has 5 heteroatoms. The second-order valence-corrected chi connectivity index (χ2v) is 18.3. The van der Waals surface area contributed by atoms with E-state index in [1.807, 2.05) is 24.5 Å². The van der Waals surface area contributed by atoms with E-state index < -0.39 is 8.07 Å². The molecule has 0 aliphatic rings. The molecule has 4 aromatic heterocycles. The van der Waals surface area contributed by atoms with E-state index in [9.17, 15) is 0 Å². The Labute approximate surface area is 331 Å². The van der Waals surface area contributed by atoms with Gasteiger partial charge in [0.05, 0.1) is 27.8 Å². The Balaban J connectivity index is 1.43. The first-order chi connectivity index (χ1) is 28.3. The number of para-hydroxylation sites is 3. The van der Waals surface area contributed by atoms with Gasteiger partial charge in [0.2, 0.25) is 0 Å². The molecule has 4 heterocycles. The zero-order chi connectivity index (χ0) is 37.8. The summed E-state index contributed by atoms with van der Waals surface area (Å²) in [7, 11) is -3.20. The van der Waals surface area contributed by atoms with Crippen molar-refractivity contribution in [1.82, 2.24) is 19.1 Å². The van der Waals surface area contributed by atoms with Gasteiger partial charge in [-0.3, -0.25) is 9.55 Å². The Morgan fingerprint density at radius 3 is 1.60 bits per heavy atom. The lowest BCUT2D eigenvalue weighted by atomic mass is 10.1. The van der Waals surface area contributed by atoms with Gasteiger partial charge in [-0.05, 0) is 75.3 Å². The lowest BCUT2D eigenvalue weighted by molar-refractivity contribution is 1.08. The summed E-state index contributed by atoms with van der Waals surface area (Å²) in [5.41, 5.74) is 7.81. The quantitative estimate of drug-likeness (QED) is 0.120. The van der Waals surface area contributed by atoms with Crippen molar-refractivity contribution in [3.63, 3.8) is 0 Å². The van der Waals surface area contributed by atoms with Crippen LogP contribution < -0.4 is 20.7 Å². The molecule has 0 bridgehead atoms. The Bertz CT molecular complexity index is 3170. The first kappa shape index (κ1) is 33.0. The van der Waals surface area contributed by atoms with Crippen molar-refractivity contribution in [3.8, 4) is 22.8 Å². The fourth-order valence-electron chi connectivity index (χ4n) is 9.27. The lowest BCUT2D eigenvalue weighted by Gasteiger charge is -2.35. The van der Waals surface area contributed by atoms with Gasteiger partial charge in [-0.1, -0.05) is 152 Å². The first-order valence-corrected chi connectivity index (χ1v) is 21.4. The average molecular weight is 745 g/mol. The predicted octanol–water partition coefficient (Wildman–Crippen LogP) is 9.72. The van der Waals surface area contributed by atoms with Crippen LogP contribution in [0.1, 0.15) is 0 Å². The van der Waals surface area contributed by atoms with Crippen molar-refractivity contribution >= 4 is 72.4 Å². The Morgan fingerprint density at radius 1 is 0.386 bits per heavy atom. The van der Waals surface area contributed by atoms with Crippen LogP contribution in [0.4, 0.5) is 0 Å². The maximum Gasteiger partial charge on any atom is 0.180 e. The molecule has 0 N–H and O–H groups in total. The molecule has 0 unspecified atom stereocenters. The number of pyridine rings is 2. The molecule has 0 aliphatic heterocycles. The molecule has 11 rings (SSSR count). The summed E-state index contributed by atoms with van der Waals surface area (Å²) in [6, 6.07) is 75.2. The van der Waals surface area contributed by atoms with Crippen LogP contribution >= 0.6 is 0 Å². The lowest BCUT2D eigenvalue weighted by Crippen LogP contribution is -2.75. The number of hydrogen-bond donors (Lipinski definition) is 0. The van der Waals surface area contributed by atoms with Gasteiger partial charge < -0.3 is 4.57 Å². The molecule has 0 saturated carbocycles. The van der Waals surface area contributed by atoms with Crippen molar-refractivity contribution < 1.29 is 0 Å². The van der Waals surface area contributed by atoms with E-state index in [-0.39, 0.29) is 0 Å². The van der Waals surface area contributed by atoms with Crippen molar-refractivity contribution in [2.75, 3.05) is 0 Å². The van der Waals surface area contributed by atoms with E-state index in [4.69, 9.17) is 9.97 Å². The van der Waals surface area contributed by atoms with E-state index in [1.54, 1.807) is 0 Å². The van der Waals surface area contributed by atoms with E-state index in [2.05, 4.69) is 203 Å². The van der Waals surface area contributed by atoms with Gasteiger partial charge in [-0.2, -0.15) is 0 Å². The first-order valence-electron chi connectivity index (χ1n) is 19.4. The topological polar surface area (TPSA) is 35.6 Å². The second kappa shape index (κ2) is 13.4. The molecule has 0 fully saturated rings. The fraction of sp³-hybridized carbons (Fsp3) is 0. The molecule has 268 valence electrons. The summed E-state index contributed by atoms with van der Waals surface area (Å²) >= 11 is 0. The number of fused-ring (bicyclic) bond motifs is 7. The molecule has 0 saturated heterocycles. The zero-order valence-electron chi connectivity index (χ0n) is 31.1. The molecule has 0 atom stereocenters. The average Bonchev–Trinajstić information content (AvgIpc) is 3.82. The monoisotopic (exact) mass is 744 g/mol. The molecule has 11 aromatic rings. The highest BCUT2D eigenvalue weighted by Gasteiger charge is 2.44. The number of benzene rings is 7. The van der Waals surface area contributed by atoms with Crippen LogP contribution in [0.2, 0.25) is 0 Å². The van der Waals surface area contributed by atoms with Gasteiger partial charge >= 0.3 is 0 Å². The summed E-state index contributed by atoms with van der Waals surface area (Å²) < 4.78 is 4.88. The molecule has 0 spiro atoms. The Hall–Kier alpha value is -7.34. The second-order valence-electron chi connectivity index (χ2n) is 14.5. The molecule has 7 aromatic carbocycles.